The van der Waals surface area contributed by atoms with Crippen molar-refractivity contribution in [2.24, 2.45) is 5.73 Å². The van der Waals surface area contributed by atoms with Crippen molar-refractivity contribution < 1.29 is 14.7 Å². The number of aromatic nitrogens is 1. The second-order valence-electron chi connectivity index (χ2n) is 4.43. The molecule has 6 nitrogen and oxygen atoms in total. The van der Waals surface area contributed by atoms with Crippen LogP contribution in [0.1, 0.15) is 32.0 Å². The summed E-state index contributed by atoms with van der Waals surface area (Å²) in [6.07, 6.45) is 0.580. The third kappa shape index (κ3) is 3.26. The Morgan fingerprint density at radius 1 is 1.38 bits per heavy atom. The van der Waals surface area contributed by atoms with Gasteiger partial charge in [0.2, 0.25) is 0 Å². The molecule has 0 spiro atoms. The summed E-state index contributed by atoms with van der Waals surface area (Å²) in [7, 11) is 0. The first-order chi connectivity index (χ1) is 10.0. The van der Waals surface area contributed by atoms with Crippen LogP contribution in [0.15, 0.2) is 24.3 Å². The van der Waals surface area contributed by atoms with Crippen molar-refractivity contribution in [2.45, 2.75) is 13.3 Å². The highest BCUT2D eigenvalue weighted by Gasteiger charge is 2.20. The Hall–Kier alpha value is -2.25. The van der Waals surface area contributed by atoms with Crippen molar-refractivity contribution in [1.29, 1.82) is 0 Å². The lowest BCUT2D eigenvalue weighted by Crippen LogP contribution is -2.16. The van der Waals surface area contributed by atoms with Gasteiger partial charge in [-0.3, -0.25) is 4.79 Å². The number of benzene rings is 1. The first kappa shape index (κ1) is 15.1. The topological polar surface area (TPSA) is 105 Å². The van der Waals surface area contributed by atoms with Gasteiger partial charge < -0.3 is 16.2 Å². The number of nitrogens with one attached hydrogen (secondary N) is 1. The molecule has 1 heterocycles. The minimum absolute atomic E-state index is 0.0321. The van der Waals surface area contributed by atoms with Crippen molar-refractivity contribution in [3.8, 4) is 0 Å². The van der Waals surface area contributed by atoms with Crippen LogP contribution in [-0.2, 0) is 6.42 Å². The van der Waals surface area contributed by atoms with Crippen LogP contribution < -0.4 is 11.1 Å². The predicted molar refractivity (Wildman–Crippen MR) is 81.0 cm³/mol. The Balaban J connectivity index is 2.29. The number of carboxylic acid groups (broad SMARTS) is 1. The van der Waals surface area contributed by atoms with Gasteiger partial charge in [-0.05, 0) is 43.1 Å². The van der Waals surface area contributed by atoms with E-state index in [0.717, 1.165) is 17.1 Å². The molecule has 0 aliphatic carbocycles. The number of aryl methyl sites for hydroxylation is 1. The molecule has 0 unspecified atom stereocenters. The molecule has 110 valence electrons. The second-order valence-corrected chi connectivity index (χ2v) is 5.20. The lowest BCUT2D eigenvalue weighted by molar-refractivity contribution is 0.0697. The van der Waals surface area contributed by atoms with Crippen LogP contribution in [-0.4, -0.2) is 27.9 Å². The van der Waals surface area contributed by atoms with E-state index in [-0.39, 0.29) is 16.5 Å². The van der Waals surface area contributed by atoms with Gasteiger partial charge in [0.25, 0.3) is 5.91 Å². The molecule has 0 aliphatic rings. The van der Waals surface area contributed by atoms with E-state index in [4.69, 9.17) is 10.8 Å². The summed E-state index contributed by atoms with van der Waals surface area (Å²) in [5, 5.41) is 12.0. The molecule has 21 heavy (non-hydrogen) atoms. The number of nitrogens with zero attached hydrogens (tertiary/aromatic N) is 1. The van der Waals surface area contributed by atoms with Gasteiger partial charge in [0.1, 0.15) is 10.6 Å². The van der Waals surface area contributed by atoms with Crippen molar-refractivity contribution in [3.63, 3.8) is 0 Å². The van der Waals surface area contributed by atoms with Crippen molar-refractivity contribution in [1.82, 2.24) is 4.37 Å². The number of nitrogens with two attached hydrogens (primary N) is 1. The summed E-state index contributed by atoms with van der Waals surface area (Å²) in [5.74, 6) is -1.46. The summed E-state index contributed by atoms with van der Waals surface area (Å²) in [6, 6.07) is 7.11. The minimum atomic E-state index is -1.10. The van der Waals surface area contributed by atoms with E-state index in [1.165, 1.54) is 0 Å². The molecule has 0 fully saturated rings. The van der Waals surface area contributed by atoms with Crippen LogP contribution in [0.5, 0.6) is 0 Å². The third-order valence-corrected chi connectivity index (χ3v) is 3.83. The summed E-state index contributed by atoms with van der Waals surface area (Å²) in [6.45, 7) is 2.03. The number of amides is 1. The summed E-state index contributed by atoms with van der Waals surface area (Å²) in [4.78, 5) is 23.5. The van der Waals surface area contributed by atoms with Gasteiger partial charge in [-0.2, -0.15) is 4.37 Å². The lowest BCUT2D eigenvalue weighted by atomic mass is 10.0. The SMILES string of the molecule is Cc1nsc(NC(=O)c2ccccc2CCN)c1C(=O)O. The van der Waals surface area contributed by atoms with Crippen molar-refractivity contribution in [2.75, 3.05) is 11.9 Å². The average molecular weight is 305 g/mol. The Kier molecular flexibility index (Phi) is 4.66. The van der Waals surface area contributed by atoms with Crippen molar-refractivity contribution in [3.05, 3.63) is 46.6 Å². The van der Waals surface area contributed by atoms with Gasteiger partial charge in [-0.15, -0.1) is 0 Å². The molecule has 1 amide bonds. The zero-order valence-corrected chi connectivity index (χ0v) is 12.2. The Morgan fingerprint density at radius 2 is 2.10 bits per heavy atom. The number of rotatable bonds is 5. The lowest BCUT2D eigenvalue weighted by Gasteiger charge is -2.08. The molecule has 2 aromatic rings. The molecule has 7 heteroatoms. The molecule has 0 bridgehead atoms. The molecule has 0 atom stereocenters. The number of hydrogen-bond donors (Lipinski definition) is 3. The molecule has 0 saturated carbocycles. The molecule has 2 rings (SSSR count). The Bertz CT molecular complexity index is 682. The maximum absolute atomic E-state index is 12.3. The molecule has 4 N–H and O–H groups in total. The first-order valence-electron chi connectivity index (χ1n) is 6.33. The Morgan fingerprint density at radius 3 is 2.76 bits per heavy atom. The van der Waals surface area contributed by atoms with Crippen LogP contribution >= 0.6 is 11.5 Å². The molecular weight excluding hydrogens is 290 g/mol. The molecule has 1 aromatic carbocycles. The van der Waals surface area contributed by atoms with Crippen LogP contribution in [0.25, 0.3) is 0 Å². The molecule has 0 radical (unpaired) electrons. The highest BCUT2D eigenvalue weighted by molar-refractivity contribution is 7.11. The van der Waals surface area contributed by atoms with Gasteiger partial charge in [0.05, 0.1) is 5.69 Å². The van der Waals surface area contributed by atoms with Gasteiger partial charge in [0.15, 0.2) is 0 Å². The fourth-order valence-electron chi connectivity index (χ4n) is 1.99. The van der Waals surface area contributed by atoms with Gasteiger partial charge >= 0.3 is 5.97 Å². The fraction of sp³-hybridized carbons (Fsp3) is 0.214. The van der Waals surface area contributed by atoms with Crippen LogP contribution in [0.3, 0.4) is 0 Å². The number of carboxylic acids is 1. The summed E-state index contributed by atoms with van der Waals surface area (Å²) in [5.41, 5.74) is 7.27. The van der Waals surface area contributed by atoms with E-state index >= 15 is 0 Å². The third-order valence-electron chi connectivity index (χ3n) is 2.98. The molecular formula is C14H15N3O3S. The van der Waals surface area contributed by atoms with E-state index in [1.807, 2.05) is 12.1 Å². The summed E-state index contributed by atoms with van der Waals surface area (Å²) >= 11 is 0.959. The highest BCUT2D eigenvalue weighted by atomic mass is 32.1. The monoisotopic (exact) mass is 305 g/mol. The largest absolute Gasteiger partial charge is 0.478 e. The van der Waals surface area contributed by atoms with Crippen LogP contribution in [0.4, 0.5) is 5.00 Å². The number of aromatic carboxylic acids is 1. The quantitative estimate of drug-likeness (QED) is 0.782. The van der Waals surface area contributed by atoms with E-state index in [9.17, 15) is 9.59 Å². The number of hydrogen-bond acceptors (Lipinski definition) is 5. The number of carbonyl (C=O) groups is 2. The number of carbonyl (C=O) groups excluding carboxylic acids is 1. The minimum Gasteiger partial charge on any atom is -0.478 e. The van der Waals surface area contributed by atoms with Gasteiger partial charge in [-0.1, -0.05) is 18.2 Å². The second kappa shape index (κ2) is 6.47. The zero-order chi connectivity index (χ0) is 15.4. The Labute approximate surface area is 125 Å². The first-order valence-corrected chi connectivity index (χ1v) is 7.10. The van der Waals surface area contributed by atoms with E-state index < -0.39 is 5.97 Å². The normalized spacial score (nSPS) is 10.4. The summed E-state index contributed by atoms with van der Waals surface area (Å²) < 4.78 is 3.97. The van der Waals surface area contributed by atoms with Gasteiger partial charge in [-0.25, -0.2) is 4.79 Å². The maximum atomic E-state index is 12.3. The van der Waals surface area contributed by atoms with E-state index in [0.29, 0.717) is 24.2 Å². The van der Waals surface area contributed by atoms with E-state index in [2.05, 4.69) is 9.69 Å². The fourth-order valence-corrected chi connectivity index (χ4v) is 2.78. The predicted octanol–water partition coefficient (Wildman–Crippen LogP) is 1.90. The molecule has 1 aromatic heterocycles. The highest BCUT2D eigenvalue weighted by Crippen LogP contribution is 2.25. The van der Waals surface area contributed by atoms with E-state index in [1.54, 1.807) is 19.1 Å². The van der Waals surface area contributed by atoms with Crippen LogP contribution in [0.2, 0.25) is 0 Å². The average Bonchev–Trinajstić information content (AvgIpc) is 2.80. The molecule has 0 aliphatic heterocycles. The zero-order valence-electron chi connectivity index (χ0n) is 11.4. The maximum Gasteiger partial charge on any atom is 0.340 e. The number of anilines is 1. The standard InChI is InChI=1S/C14H15N3O3S/c1-8-11(14(19)20)13(21-17-8)16-12(18)10-5-3-2-4-9(10)6-7-15/h2-5H,6-7,15H2,1H3,(H,16,18)(H,19,20). The van der Waals surface area contributed by atoms with Gasteiger partial charge in [0, 0.05) is 5.56 Å². The van der Waals surface area contributed by atoms with Crippen LogP contribution in [0, 0.1) is 6.92 Å². The van der Waals surface area contributed by atoms with Crippen molar-refractivity contribution >= 4 is 28.4 Å². The molecule has 0 saturated heterocycles. The smallest absolute Gasteiger partial charge is 0.340 e.